The standard InChI is InChI=1S/C10H8.C8H7N/c1-2-6-10-8-4-3-7-9(10)5-1;1-2-6-9-7-3-5-8(9)4-1/h1-8H;1-7H. The lowest BCUT2D eigenvalue weighted by atomic mass is 10.1. The summed E-state index contributed by atoms with van der Waals surface area (Å²) in [5, 5.41) is 2.62. The van der Waals surface area contributed by atoms with Crippen LogP contribution in [0.25, 0.3) is 16.3 Å². The minimum absolute atomic E-state index is 1.25. The van der Waals surface area contributed by atoms with Crippen molar-refractivity contribution in [1.29, 1.82) is 0 Å². The smallest absolute Gasteiger partial charge is 0.0449 e. The predicted octanol–water partition coefficient (Wildman–Crippen LogP) is 4.78. The minimum Gasteiger partial charge on any atom is -0.324 e. The molecule has 0 N–H and O–H groups in total. The molecular weight excluding hydrogens is 230 g/mol. The van der Waals surface area contributed by atoms with E-state index in [0.29, 0.717) is 0 Å². The molecule has 0 amide bonds. The van der Waals surface area contributed by atoms with Crippen molar-refractivity contribution >= 4 is 16.3 Å². The summed E-state index contributed by atoms with van der Waals surface area (Å²) in [5.41, 5.74) is 1.25. The molecule has 2 aromatic carbocycles. The third-order valence-electron chi connectivity index (χ3n) is 3.10. The minimum atomic E-state index is 1.25. The maximum absolute atomic E-state index is 2.12. The van der Waals surface area contributed by atoms with Crippen molar-refractivity contribution < 1.29 is 0 Å². The summed E-state index contributed by atoms with van der Waals surface area (Å²) in [4.78, 5) is 0. The average Bonchev–Trinajstić information content (AvgIpc) is 2.96. The van der Waals surface area contributed by atoms with Gasteiger partial charge < -0.3 is 4.40 Å². The lowest BCUT2D eigenvalue weighted by Crippen LogP contribution is -1.75. The number of hydrogen-bond acceptors (Lipinski definition) is 0. The van der Waals surface area contributed by atoms with Gasteiger partial charge in [0.2, 0.25) is 0 Å². The molecule has 4 rings (SSSR count). The number of benzene rings is 2. The number of rotatable bonds is 0. The Hall–Kier alpha value is -2.54. The third kappa shape index (κ3) is 2.66. The highest BCUT2D eigenvalue weighted by Gasteiger charge is 1.85. The molecule has 4 aromatic rings. The molecule has 0 aliphatic rings. The number of hydrogen-bond donors (Lipinski definition) is 0. The first-order chi connectivity index (χ1) is 9.43. The summed E-state index contributed by atoms with van der Waals surface area (Å²) in [5.74, 6) is 0. The van der Waals surface area contributed by atoms with E-state index in [4.69, 9.17) is 0 Å². The molecular formula is C18H15N. The summed E-state index contributed by atoms with van der Waals surface area (Å²) in [6.45, 7) is 0. The quantitative estimate of drug-likeness (QED) is 0.420. The highest BCUT2D eigenvalue weighted by molar-refractivity contribution is 5.81. The van der Waals surface area contributed by atoms with Crippen molar-refractivity contribution in [3.05, 3.63) is 91.3 Å². The second-order valence-corrected chi connectivity index (χ2v) is 4.39. The molecule has 0 bridgehead atoms. The van der Waals surface area contributed by atoms with Crippen LogP contribution in [-0.4, -0.2) is 4.40 Å². The van der Waals surface area contributed by atoms with E-state index in [0.717, 1.165) is 0 Å². The Bertz CT molecular complexity index is 688. The molecule has 0 fully saturated rings. The second kappa shape index (κ2) is 5.40. The SMILES string of the molecule is c1ccc2ccccc2c1.c1ccn2cccc2c1. The molecule has 0 atom stereocenters. The van der Waals surface area contributed by atoms with Crippen LogP contribution in [0, 0.1) is 0 Å². The van der Waals surface area contributed by atoms with Gasteiger partial charge in [-0.15, -0.1) is 0 Å². The van der Waals surface area contributed by atoms with Gasteiger partial charge in [-0.05, 0) is 35.0 Å². The Morgan fingerprint density at radius 1 is 0.474 bits per heavy atom. The summed E-state index contributed by atoms with van der Waals surface area (Å²) in [7, 11) is 0. The molecule has 1 nitrogen and oxygen atoms in total. The van der Waals surface area contributed by atoms with E-state index in [1.807, 2.05) is 30.6 Å². The lowest BCUT2D eigenvalue weighted by molar-refractivity contribution is 1.20. The number of nitrogens with zero attached hydrogens (tertiary/aromatic N) is 1. The molecule has 19 heavy (non-hydrogen) atoms. The summed E-state index contributed by atoms with van der Waals surface area (Å²) in [6.07, 6.45) is 4.07. The van der Waals surface area contributed by atoms with Crippen LogP contribution in [0.1, 0.15) is 0 Å². The number of pyridine rings is 1. The highest BCUT2D eigenvalue weighted by Crippen LogP contribution is 2.11. The Kier molecular flexibility index (Phi) is 3.28. The first-order valence-electron chi connectivity index (χ1n) is 6.39. The van der Waals surface area contributed by atoms with Gasteiger partial charge >= 0.3 is 0 Å². The Morgan fingerprint density at radius 3 is 1.53 bits per heavy atom. The molecule has 0 unspecified atom stereocenters. The van der Waals surface area contributed by atoms with Crippen LogP contribution >= 0.6 is 0 Å². The van der Waals surface area contributed by atoms with Crippen LogP contribution in [-0.2, 0) is 0 Å². The van der Waals surface area contributed by atoms with E-state index in [9.17, 15) is 0 Å². The molecule has 0 radical (unpaired) electrons. The fourth-order valence-corrected chi connectivity index (χ4v) is 2.11. The third-order valence-corrected chi connectivity index (χ3v) is 3.10. The van der Waals surface area contributed by atoms with Crippen LogP contribution in [0.3, 0.4) is 0 Å². The fraction of sp³-hybridized carbons (Fsp3) is 0. The van der Waals surface area contributed by atoms with Gasteiger partial charge in [0.05, 0.1) is 0 Å². The predicted molar refractivity (Wildman–Crippen MR) is 81.3 cm³/mol. The molecule has 0 spiro atoms. The van der Waals surface area contributed by atoms with Crippen LogP contribution in [0.2, 0.25) is 0 Å². The van der Waals surface area contributed by atoms with Gasteiger partial charge in [-0.2, -0.15) is 0 Å². The Morgan fingerprint density at radius 2 is 0.947 bits per heavy atom. The van der Waals surface area contributed by atoms with Crippen LogP contribution in [0.15, 0.2) is 91.3 Å². The summed E-state index contributed by atoms with van der Waals surface area (Å²) in [6, 6.07) is 27.0. The molecule has 1 heteroatoms. The normalized spacial score (nSPS) is 10.1. The van der Waals surface area contributed by atoms with E-state index in [-0.39, 0.29) is 0 Å². The number of aromatic nitrogens is 1. The van der Waals surface area contributed by atoms with Crippen molar-refractivity contribution in [1.82, 2.24) is 4.40 Å². The van der Waals surface area contributed by atoms with Gasteiger partial charge in [0, 0.05) is 17.9 Å². The van der Waals surface area contributed by atoms with Gasteiger partial charge in [0.1, 0.15) is 0 Å². The zero-order valence-corrected chi connectivity index (χ0v) is 10.6. The van der Waals surface area contributed by atoms with E-state index in [1.165, 1.54) is 16.3 Å². The summed E-state index contributed by atoms with van der Waals surface area (Å²) >= 11 is 0. The van der Waals surface area contributed by atoms with Crippen molar-refractivity contribution in [3.8, 4) is 0 Å². The zero-order valence-electron chi connectivity index (χ0n) is 10.6. The Labute approximate surface area is 112 Å². The topological polar surface area (TPSA) is 4.41 Å². The molecule has 0 saturated carbocycles. The van der Waals surface area contributed by atoms with Crippen molar-refractivity contribution in [3.63, 3.8) is 0 Å². The monoisotopic (exact) mass is 245 g/mol. The molecule has 92 valence electrons. The van der Waals surface area contributed by atoms with Crippen molar-refractivity contribution in [2.24, 2.45) is 0 Å². The van der Waals surface area contributed by atoms with Gasteiger partial charge in [-0.3, -0.25) is 0 Å². The second-order valence-electron chi connectivity index (χ2n) is 4.39. The van der Waals surface area contributed by atoms with Crippen molar-refractivity contribution in [2.45, 2.75) is 0 Å². The largest absolute Gasteiger partial charge is 0.324 e. The maximum Gasteiger partial charge on any atom is 0.0449 e. The van der Waals surface area contributed by atoms with E-state index in [2.05, 4.69) is 65.1 Å². The van der Waals surface area contributed by atoms with Crippen LogP contribution in [0.5, 0.6) is 0 Å². The average molecular weight is 245 g/mol. The van der Waals surface area contributed by atoms with E-state index >= 15 is 0 Å². The van der Waals surface area contributed by atoms with Gasteiger partial charge in [0.25, 0.3) is 0 Å². The van der Waals surface area contributed by atoms with Gasteiger partial charge in [-0.25, -0.2) is 0 Å². The molecule has 0 saturated heterocycles. The highest BCUT2D eigenvalue weighted by atomic mass is 14.8. The lowest BCUT2D eigenvalue weighted by Gasteiger charge is -1.92. The Balaban J connectivity index is 0.000000117. The molecule has 0 aliphatic heterocycles. The fourth-order valence-electron chi connectivity index (χ4n) is 2.11. The van der Waals surface area contributed by atoms with E-state index in [1.54, 1.807) is 0 Å². The zero-order chi connectivity index (χ0) is 12.9. The van der Waals surface area contributed by atoms with Gasteiger partial charge in [0.15, 0.2) is 0 Å². The van der Waals surface area contributed by atoms with Crippen LogP contribution < -0.4 is 0 Å². The molecule has 2 aromatic heterocycles. The first-order valence-corrected chi connectivity index (χ1v) is 6.39. The molecule has 2 heterocycles. The first kappa shape index (κ1) is 11.5. The summed E-state index contributed by atoms with van der Waals surface area (Å²) < 4.78 is 2.08. The maximum atomic E-state index is 2.12. The van der Waals surface area contributed by atoms with Crippen LogP contribution in [0.4, 0.5) is 0 Å². The number of fused-ring (bicyclic) bond motifs is 2. The van der Waals surface area contributed by atoms with Crippen molar-refractivity contribution in [2.75, 3.05) is 0 Å². The molecule has 0 aliphatic carbocycles. The van der Waals surface area contributed by atoms with E-state index < -0.39 is 0 Å². The van der Waals surface area contributed by atoms with Gasteiger partial charge in [-0.1, -0.05) is 54.6 Å².